The van der Waals surface area contributed by atoms with E-state index in [1.165, 1.54) is 0 Å². The average molecular weight is 239 g/mol. The van der Waals surface area contributed by atoms with Crippen molar-refractivity contribution in [3.05, 3.63) is 29.0 Å². The maximum Gasteiger partial charge on any atom is 0.256 e. The van der Waals surface area contributed by atoms with Gasteiger partial charge in [0.1, 0.15) is 0 Å². The summed E-state index contributed by atoms with van der Waals surface area (Å²) in [6.45, 7) is 5.96. The zero-order chi connectivity index (χ0) is 11.7. The van der Waals surface area contributed by atoms with Crippen LogP contribution in [0.4, 0.5) is 0 Å². The van der Waals surface area contributed by atoms with Gasteiger partial charge < -0.3 is 4.90 Å². The lowest BCUT2D eigenvalue weighted by Gasteiger charge is -2.16. The van der Waals surface area contributed by atoms with Crippen molar-refractivity contribution in [3.8, 4) is 0 Å². The number of rotatable bonds is 1. The van der Waals surface area contributed by atoms with Crippen molar-refractivity contribution in [2.45, 2.75) is 13.8 Å². The molecule has 2 heterocycles. The number of hydrogen-bond donors (Lipinski definition) is 0. The van der Waals surface area contributed by atoms with Gasteiger partial charge in [-0.25, -0.2) is 0 Å². The van der Waals surface area contributed by atoms with Crippen LogP contribution in [0.1, 0.15) is 24.2 Å². The smallest absolute Gasteiger partial charge is 0.256 e. The Bertz CT molecular complexity index is 398. The van der Waals surface area contributed by atoms with Gasteiger partial charge in [0.25, 0.3) is 5.91 Å². The molecule has 0 bridgehead atoms. The van der Waals surface area contributed by atoms with Gasteiger partial charge in [-0.1, -0.05) is 25.4 Å². The predicted molar refractivity (Wildman–Crippen MR) is 63.5 cm³/mol. The van der Waals surface area contributed by atoms with Crippen LogP contribution in [0.25, 0.3) is 0 Å². The molecule has 4 heteroatoms. The van der Waals surface area contributed by atoms with Crippen LogP contribution in [0.15, 0.2) is 18.5 Å². The summed E-state index contributed by atoms with van der Waals surface area (Å²) >= 11 is 5.98. The Morgan fingerprint density at radius 3 is 2.62 bits per heavy atom. The Hall–Kier alpha value is -1.09. The van der Waals surface area contributed by atoms with E-state index < -0.39 is 0 Å². The predicted octanol–water partition coefficient (Wildman–Crippen LogP) is 2.46. The van der Waals surface area contributed by atoms with Crippen LogP contribution in [0, 0.1) is 11.8 Å². The highest BCUT2D eigenvalue weighted by molar-refractivity contribution is 6.33. The molecular formula is C12H15ClN2O. The summed E-state index contributed by atoms with van der Waals surface area (Å²) < 4.78 is 0. The molecule has 2 rings (SSSR count). The monoisotopic (exact) mass is 238 g/mol. The number of amides is 1. The fraction of sp³-hybridized carbons (Fsp3) is 0.500. The van der Waals surface area contributed by atoms with Crippen LogP contribution in [0.2, 0.25) is 5.02 Å². The highest BCUT2D eigenvalue weighted by atomic mass is 35.5. The Labute approximate surface area is 100 Å². The van der Waals surface area contributed by atoms with Gasteiger partial charge >= 0.3 is 0 Å². The second-order valence-electron chi connectivity index (χ2n) is 4.52. The summed E-state index contributed by atoms with van der Waals surface area (Å²) in [6, 6.07) is 1.65. The molecule has 0 radical (unpaired) electrons. The van der Waals surface area contributed by atoms with E-state index in [0.29, 0.717) is 22.4 Å². The maximum atomic E-state index is 12.2. The standard InChI is InChI=1S/C12H15ClN2O/c1-8-6-15(7-9(8)2)12(16)10-5-14-4-3-11(10)13/h3-5,8-9H,6-7H2,1-2H3. The van der Waals surface area contributed by atoms with E-state index in [4.69, 9.17) is 11.6 Å². The number of likely N-dealkylation sites (tertiary alicyclic amines) is 1. The minimum absolute atomic E-state index is 0.00528. The van der Waals surface area contributed by atoms with Crippen molar-refractivity contribution < 1.29 is 4.79 Å². The lowest BCUT2D eigenvalue weighted by Crippen LogP contribution is -2.29. The topological polar surface area (TPSA) is 33.2 Å². The summed E-state index contributed by atoms with van der Waals surface area (Å²) in [5.74, 6) is 1.10. The molecule has 3 nitrogen and oxygen atoms in total. The van der Waals surface area contributed by atoms with Crippen LogP contribution in [-0.2, 0) is 0 Å². The highest BCUT2D eigenvalue weighted by Gasteiger charge is 2.30. The molecule has 1 aliphatic heterocycles. The van der Waals surface area contributed by atoms with Crippen molar-refractivity contribution in [2.75, 3.05) is 13.1 Å². The average Bonchev–Trinajstić information content (AvgIpc) is 2.59. The highest BCUT2D eigenvalue weighted by Crippen LogP contribution is 2.25. The molecule has 86 valence electrons. The lowest BCUT2D eigenvalue weighted by atomic mass is 10.0. The Kier molecular flexibility index (Phi) is 3.15. The lowest BCUT2D eigenvalue weighted by molar-refractivity contribution is 0.0785. The van der Waals surface area contributed by atoms with Gasteiger partial charge in [0.05, 0.1) is 10.6 Å². The molecule has 0 aliphatic carbocycles. The first-order valence-electron chi connectivity index (χ1n) is 5.48. The first-order chi connectivity index (χ1) is 7.59. The number of hydrogen-bond acceptors (Lipinski definition) is 2. The molecule has 1 fully saturated rings. The SMILES string of the molecule is CC1CN(C(=O)c2cnccc2Cl)CC1C. The molecule has 16 heavy (non-hydrogen) atoms. The third kappa shape index (κ3) is 2.05. The summed E-state index contributed by atoms with van der Waals surface area (Å²) in [5, 5.41) is 0.479. The minimum Gasteiger partial charge on any atom is -0.338 e. The van der Waals surface area contributed by atoms with Crippen LogP contribution in [0.3, 0.4) is 0 Å². The zero-order valence-electron chi connectivity index (χ0n) is 9.48. The van der Waals surface area contributed by atoms with Gasteiger partial charge in [-0.05, 0) is 17.9 Å². The molecule has 2 atom stereocenters. The largest absolute Gasteiger partial charge is 0.338 e. The second-order valence-corrected chi connectivity index (χ2v) is 4.93. The van der Waals surface area contributed by atoms with E-state index >= 15 is 0 Å². The molecule has 0 spiro atoms. The molecular weight excluding hydrogens is 224 g/mol. The van der Waals surface area contributed by atoms with Crippen molar-refractivity contribution in [1.29, 1.82) is 0 Å². The van der Waals surface area contributed by atoms with E-state index in [-0.39, 0.29) is 5.91 Å². The van der Waals surface area contributed by atoms with E-state index in [2.05, 4.69) is 18.8 Å². The summed E-state index contributed by atoms with van der Waals surface area (Å²) in [4.78, 5) is 18.0. The molecule has 1 aromatic heterocycles. The summed E-state index contributed by atoms with van der Waals surface area (Å²) in [6.07, 6.45) is 3.13. The number of pyridine rings is 1. The van der Waals surface area contributed by atoms with Crippen molar-refractivity contribution in [1.82, 2.24) is 9.88 Å². The Morgan fingerprint density at radius 1 is 1.44 bits per heavy atom. The van der Waals surface area contributed by atoms with Crippen LogP contribution in [0.5, 0.6) is 0 Å². The molecule has 0 aromatic carbocycles. The van der Waals surface area contributed by atoms with Gasteiger partial charge in [0, 0.05) is 25.5 Å². The zero-order valence-corrected chi connectivity index (χ0v) is 10.2. The number of carbonyl (C=O) groups is 1. The molecule has 1 aromatic rings. The van der Waals surface area contributed by atoms with Crippen LogP contribution >= 0.6 is 11.6 Å². The number of aromatic nitrogens is 1. The minimum atomic E-state index is -0.00528. The fourth-order valence-electron chi connectivity index (χ4n) is 2.00. The van der Waals surface area contributed by atoms with Crippen molar-refractivity contribution in [2.24, 2.45) is 11.8 Å². The quantitative estimate of drug-likeness (QED) is 0.753. The third-order valence-corrected chi connectivity index (χ3v) is 3.60. The maximum absolute atomic E-state index is 12.2. The van der Waals surface area contributed by atoms with Gasteiger partial charge in [0.2, 0.25) is 0 Å². The number of carbonyl (C=O) groups excluding carboxylic acids is 1. The van der Waals surface area contributed by atoms with E-state index in [1.54, 1.807) is 18.5 Å². The summed E-state index contributed by atoms with van der Waals surface area (Å²) in [7, 11) is 0. The first kappa shape index (κ1) is 11.4. The normalized spacial score (nSPS) is 24.8. The van der Waals surface area contributed by atoms with Gasteiger partial charge in [-0.3, -0.25) is 9.78 Å². The summed E-state index contributed by atoms with van der Waals surface area (Å²) in [5.41, 5.74) is 0.505. The van der Waals surface area contributed by atoms with Crippen LogP contribution < -0.4 is 0 Å². The van der Waals surface area contributed by atoms with Gasteiger partial charge in [-0.15, -0.1) is 0 Å². The van der Waals surface area contributed by atoms with Crippen molar-refractivity contribution in [3.63, 3.8) is 0 Å². The van der Waals surface area contributed by atoms with Gasteiger partial charge in [-0.2, -0.15) is 0 Å². The number of nitrogens with zero attached hydrogens (tertiary/aromatic N) is 2. The first-order valence-corrected chi connectivity index (χ1v) is 5.86. The molecule has 2 unspecified atom stereocenters. The Morgan fingerprint density at radius 2 is 2.06 bits per heavy atom. The van der Waals surface area contributed by atoms with Crippen molar-refractivity contribution >= 4 is 17.5 Å². The molecule has 0 N–H and O–H groups in total. The van der Waals surface area contributed by atoms with E-state index in [9.17, 15) is 4.79 Å². The van der Waals surface area contributed by atoms with Crippen LogP contribution in [-0.4, -0.2) is 28.9 Å². The molecule has 1 aliphatic rings. The third-order valence-electron chi connectivity index (χ3n) is 3.27. The fourth-order valence-corrected chi connectivity index (χ4v) is 2.19. The molecule has 1 saturated heterocycles. The Balaban J connectivity index is 2.18. The van der Waals surface area contributed by atoms with E-state index in [1.807, 2.05) is 4.90 Å². The molecule has 0 saturated carbocycles. The van der Waals surface area contributed by atoms with Gasteiger partial charge in [0.15, 0.2) is 0 Å². The van der Waals surface area contributed by atoms with E-state index in [0.717, 1.165) is 13.1 Å². The molecule has 1 amide bonds. The second kappa shape index (κ2) is 4.42. The number of halogens is 1.